The molecule has 0 radical (unpaired) electrons. The quantitative estimate of drug-likeness (QED) is 0.652. The number of nitrogens with one attached hydrogen (secondary N) is 1. The van der Waals surface area contributed by atoms with Gasteiger partial charge in [-0.05, 0) is 25.0 Å². The summed E-state index contributed by atoms with van der Waals surface area (Å²) in [4.78, 5) is 3.01. The first kappa shape index (κ1) is 10.3. The molecule has 3 heteroatoms. The lowest BCUT2D eigenvalue weighted by Crippen LogP contribution is -2.06. The van der Waals surface area contributed by atoms with Crippen LogP contribution in [0.15, 0.2) is 18.5 Å². The Morgan fingerprint density at radius 2 is 2.08 bits per heavy atom. The average molecular weight is 183 g/mol. The fourth-order valence-corrected chi connectivity index (χ4v) is 1.07. The number of hydrogen-bond acceptors (Lipinski definition) is 2. The minimum absolute atomic E-state index is 0.693. The summed E-state index contributed by atoms with van der Waals surface area (Å²) in [5, 5.41) is 0. The largest absolute Gasteiger partial charge is 0.379 e. The van der Waals surface area contributed by atoms with Crippen molar-refractivity contribution < 1.29 is 9.47 Å². The molecule has 0 aromatic carbocycles. The maximum Gasteiger partial charge on any atom is 0.0700 e. The van der Waals surface area contributed by atoms with Crippen LogP contribution in [0, 0.1) is 0 Å². The number of aromatic amines is 1. The van der Waals surface area contributed by atoms with Gasteiger partial charge in [-0.3, -0.25) is 0 Å². The molecule has 1 aromatic rings. The van der Waals surface area contributed by atoms with E-state index in [-0.39, 0.29) is 0 Å². The molecule has 0 bridgehead atoms. The molecule has 0 saturated carbocycles. The molecule has 0 aliphatic carbocycles. The van der Waals surface area contributed by atoms with Crippen LogP contribution in [-0.4, -0.2) is 31.4 Å². The van der Waals surface area contributed by atoms with Gasteiger partial charge in [0.15, 0.2) is 0 Å². The Morgan fingerprint density at radius 3 is 2.77 bits per heavy atom. The van der Waals surface area contributed by atoms with Gasteiger partial charge in [0.05, 0.1) is 19.8 Å². The molecule has 0 aliphatic heterocycles. The lowest BCUT2D eigenvalue weighted by Gasteiger charge is -2.02. The van der Waals surface area contributed by atoms with Crippen LogP contribution in [0.3, 0.4) is 0 Å². The van der Waals surface area contributed by atoms with Crippen molar-refractivity contribution in [1.82, 2.24) is 4.98 Å². The summed E-state index contributed by atoms with van der Waals surface area (Å²) in [6, 6.07) is 2.06. The molecule has 0 spiro atoms. The van der Waals surface area contributed by atoms with Gasteiger partial charge in [-0.1, -0.05) is 0 Å². The minimum atomic E-state index is 0.693. The van der Waals surface area contributed by atoms with Gasteiger partial charge in [-0.25, -0.2) is 0 Å². The summed E-state index contributed by atoms with van der Waals surface area (Å²) in [6.07, 6.45) is 4.89. The Morgan fingerprint density at radius 1 is 1.23 bits per heavy atom. The van der Waals surface area contributed by atoms with Crippen LogP contribution in [0.4, 0.5) is 0 Å². The zero-order valence-electron chi connectivity index (χ0n) is 8.08. The van der Waals surface area contributed by atoms with Crippen LogP contribution in [0.1, 0.15) is 12.5 Å². The van der Waals surface area contributed by atoms with Crippen molar-refractivity contribution in [3.05, 3.63) is 24.0 Å². The normalized spacial score (nSPS) is 10.5. The van der Waals surface area contributed by atoms with Crippen LogP contribution in [0.5, 0.6) is 0 Å². The standard InChI is InChI=1S/C10H17NO2/c1-2-12-7-8-13-6-4-10-3-5-11-9-10/h3,5,9,11H,2,4,6-8H2,1H3. The van der Waals surface area contributed by atoms with E-state index in [1.54, 1.807) is 0 Å². The second-order valence-electron chi connectivity index (χ2n) is 2.78. The van der Waals surface area contributed by atoms with Gasteiger partial charge in [0.2, 0.25) is 0 Å². The predicted molar refractivity (Wildman–Crippen MR) is 51.8 cm³/mol. The highest BCUT2D eigenvalue weighted by Gasteiger charge is 1.92. The van der Waals surface area contributed by atoms with Gasteiger partial charge >= 0.3 is 0 Å². The van der Waals surface area contributed by atoms with Crippen molar-refractivity contribution in [3.8, 4) is 0 Å². The van der Waals surface area contributed by atoms with Crippen molar-refractivity contribution in [2.45, 2.75) is 13.3 Å². The van der Waals surface area contributed by atoms with E-state index >= 15 is 0 Å². The van der Waals surface area contributed by atoms with E-state index in [4.69, 9.17) is 9.47 Å². The topological polar surface area (TPSA) is 34.2 Å². The smallest absolute Gasteiger partial charge is 0.0700 e. The Hall–Kier alpha value is -0.800. The van der Waals surface area contributed by atoms with Crippen molar-refractivity contribution in [1.29, 1.82) is 0 Å². The fourth-order valence-electron chi connectivity index (χ4n) is 1.07. The van der Waals surface area contributed by atoms with Gasteiger partial charge in [0.25, 0.3) is 0 Å². The van der Waals surface area contributed by atoms with Crippen LogP contribution in [-0.2, 0) is 15.9 Å². The van der Waals surface area contributed by atoms with E-state index in [0.29, 0.717) is 13.2 Å². The second kappa shape index (κ2) is 6.69. The van der Waals surface area contributed by atoms with Crippen molar-refractivity contribution in [2.75, 3.05) is 26.4 Å². The lowest BCUT2D eigenvalue weighted by molar-refractivity contribution is 0.0541. The van der Waals surface area contributed by atoms with Crippen molar-refractivity contribution >= 4 is 0 Å². The molecule has 0 aliphatic rings. The third kappa shape index (κ3) is 4.70. The molecule has 1 rings (SSSR count). The first-order chi connectivity index (χ1) is 6.43. The SMILES string of the molecule is CCOCCOCCc1cc[nH]c1. The van der Waals surface area contributed by atoms with Crippen LogP contribution >= 0.6 is 0 Å². The Labute approximate surface area is 79.1 Å². The summed E-state index contributed by atoms with van der Waals surface area (Å²) in [6.45, 7) is 4.91. The van der Waals surface area contributed by atoms with Crippen molar-refractivity contribution in [3.63, 3.8) is 0 Å². The van der Waals surface area contributed by atoms with E-state index in [9.17, 15) is 0 Å². The van der Waals surface area contributed by atoms with Crippen LogP contribution in [0.25, 0.3) is 0 Å². The monoisotopic (exact) mass is 183 g/mol. The van der Waals surface area contributed by atoms with Crippen LogP contribution in [0.2, 0.25) is 0 Å². The van der Waals surface area contributed by atoms with Gasteiger partial charge in [-0.15, -0.1) is 0 Å². The summed E-state index contributed by atoms with van der Waals surface area (Å²) in [5.41, 5.74) is 1.29. The zero-order valence-corrected chi connectivity index (χ0v) is 8.08. The molecular formula is C10H17NO2. The molecule has 3 nitrogen and oxygen atoms in total. The number of aromatic nitrogens is 1. The predicted octanol–water partition coefficient (Wildman–Crippen LogP) is 1.61. The maximum atomic E-state index is 5.37. The molecule has 0 unspecified atom stereocenters. The highest BCUT2D eigenvalue weighted by Crippen LogP contribution is 1.97. The van der Waals surface area contributed by atoms with E-state index in [2.05, 4.69) is 11.1 Å². The van der Waals surface area contributed by atoms with E-state index in [1.165, 1.54) is 5.56 Å². The van der Waals surface area contributed by atoms with Crippen LogP contribution < -0.4 is 0 Å². The van der Waals surface area contributed by atoms with E-state index in [0.717, 1.165) is 19.6 Å². The summed E-state index contributed by atoms with van der Waals surface area (Å²) in [7, 11) is 0. The second-order valence-corrected chi connectivity index (χ2v) is 2.78. The molecule has 1 aromatic heterocycles. The first-order valence-corrected chi connectivity index (χ1v) is 4.70. The highest BCUT2D eigenvalue weighted by molar-refractivity contribution is 5.07. The summed E-state index contributed by atoms with van der Waals surface area (Å²) >= 11 is 0. The van der Waals surface area contributed by atoms with Gasteiger partial charge in [0, 0.05) is 19.0 Å². The molecule has 0 fully saturated rings. The number of hydrogen-bond donors (Lipinski definition) is 1. The summed E-state index contributed by atoms with van der Waals surface area (Å²) < 4.78 is 10.5. The number of H-pyrrole nitrogens is 1. The zero-order chi connectivity index (χ0) is 9.36. The van der Waals surface area contributed by atoms with E-state index in [1.807, 2.05) is 19.3 Å². The third-order valence-electron chi connectivity index (χ3n) is 1.77. The molecule has 74 valence electrons. The fraction of sp³-hybridized carbons (Fsp3) is 0.600. The number of ether oxygens (including phenoxy) is 2. The number of rotatable bonds is 7. The minimum Gasteiger partial charge on any atom is -0.379 e. The lowest BCUT2D eigenvalue weighted by atomic mass is 10.3. The molecule has 0 amide bonds. The molecule has 0 atom stereocenters. The third-order valence-corrected chi connectivity index (χ3v) is 1.77. The van der Waals surface area contributed by atoms with Gasteiger partial charge in [-0.2, -0.15) is 0 Å². The Bertz CT molecular complexity index is 197. The Balaban J connectivity index is 1.90. The molecule has 1 N–H and O–H groups in total. The highest BCUT2D eigenvalue weighted by atomic mass is 16.5. The average Bonchev–Trinajstić information content (AvgIpc) is 2.63. The molecule has 13 heavy (non-hydrogen) atoms. The Kier molecular flexibility index (Phi) is 5.29. The maximum absolute atomic E-state index is 5.37. The first-order valence-electron chi connectivity index (χ1n) is 4.70. The van der Waals surface area contributed by atoms with Gasteiger partial charge in [0.1, 0.15) is 0 Å². The van der Waals surface area contributed by atoms with Crippen molar-refractivity contribution in [2.24, 2.45) is 0 Å². The summed E-state index contributed by atoms with van der Waals surface area (Å²) in [5.74, 6) is 0. The molecule has 1 heterocycles. The van der Waals surface area contributed by atoms with E-state index < -0.39 is 0 Å². The molecule has 0 saturated heterocycles. The molecular weight excluding hydrogens is 166 g/mol. The van der Waals surface area contributed by atoms with Gasteiger partial charge < -0.3 is 14.5 Å².